The van der Waals surface area contributed by atoms with E-state index in [0.717, 1.165) is 11.3 Å². The molecule has 0 unspecified atom stereocenters. The average Bonchev–Trinajstić information content (AvgIpc) is 3.12. The van der Waals surface area contributed by atoms with Gasteiger partial charge < -0.3 is 9.84 Å². The fourth-order valence-electron chi connectivity index (χ4n) is 2.78. The first-order valence-electron chi connectivity index (χ1n) is 8.56. The molecule has 0 amide bonds. The SMILES string of the molecule is Cc1nc(-c2ccc(Oc3ccccc3F)c(-c3cncnc3)c2)sc1C(=O)O. The van der Waals surface area contributed by atoms with Crippen molar-refractivity contribution in [2.75, 3.05) is 0 Å². The minimum Gasteiger partial charge on any atom is -0.477 e. The zero-order valence-corrected chi connectivity index (χ0v) is 16.0. The Balaban J connectivity index is 1.82. The second kappa shape index (κ2) is 7.76. The lowest BCUT2D eigenvalue weighted by Crippen LogP contribution is -1.94. The first-order chi connectivity index (χ1) is 14.0. The molecule has 0 aliphatic heterocycles. The highest BCUT2D eigenvalue weighted by Crippen LogP contribution is 2.38. The van der Waals surface area contributed by atoms with E-state index in [9.17, 15) is 14.3 Å². The Labute approximate surface area is 169 Å². The molecular weight excluding hydrogens is 393 g/mol. The van der Waals surface area contributed by atoms with Crippen LogP contribution in [-0.2, 0) is 0 Å². The molecule has 6 nitrogen and oxygen atoms in total. The van der Waals surface area contributed by atoms with Crippen molar-refractivity contribution in [1.29, 1.82) is 0 Å². The summed E-state index contributed by atoms with van der Waals surface area (Å²) in [6.45, 7) is 1.66. The third-order valence-corrected chi connectivity index (χ3v) is 5.34. The summed E-state index contributed by atoms with van der Waals surface area (Å²) in [6, 6.07) is 11.4. The molecule has 8 heteroatoms. The zero-order valence-electron chi connectivity index (χ0n) is 15.2. The summed E-state index contributed by atoms with van der Waals surface area (Å²) in [4.78, 5) is 24.0. The fourth-order valence-corrected chi connectivity index (χ4v) is 3.68. The summed E-state index contributed by atoms with van der Waals surface area (Å²) in [5.41, 5.74) is 2.47. The lowest BCUT2D eigenvalue weighted by Gasteiger charge is -2.13. The maximum atomic E-state index is 14.1. The predicted molar refractivity (Wildman–Crippen MR) is 107 cm³/mol. The van der Waals surface area contributed by atoms with Gasteiger partial charge in [0.25, 0.3) is 0 Å². The Morgan fingerprint density at radius 3 is 2.52 bits per heavy atom. The molecule has 0 saturated carbocycles. The van der Waals surface area contributed by atoms with E-state index >= 15 is 0 Å². The van der Waals surface area contributed by atoms with E-state index in [2.05, 4.69) is 15.0 Å². The normalized spacial score (nSPS) is 10.7. The number of aromatic nitrogens is 3. The van der Waals surface area contributed by atoms with Gasteiger partial charge in [0.15, 0.2) is 11.6 Å². The molecule has 0 saturated heterocycles. The Morgan fingerprint density at radius 1 is 1.07 bits per heavy atom. The van der Waals surface area contributed by atoms with Crippen LogP contribution in [0.3, 0.4) is 0 Å². The van der Waals surface area contributed by atoms with E-state index in [-0.39, 0.29) is 10.6 Å². The molecule has 2 heterocycles. The van der Waals surface area contributed by atoms with Gasteiger partial charge in [-0.1, -0.05) is 12.1 Å². The van der Waals surface area contributed by atoms with Crippen LogP contribution in [0.1, 0.15) is 15.4 Å². The largest absolute Gasteiger partial charge is 0.477 e. The maximum absolute atomic E-state index is 14.1. The standard InChI is InChI=1S/C21H14FN3O3S/c1-12-19(21(26)27)29-20(25-12)13-6-7-17(28-18-5-3-2-4-16(18)22)15(8-13)14-9-23-11-24-10-14/h2-11H,1H3,(H,26,27). The number of para-hydroxylation sites is 1. The van der Waals surface area contributed by atoms with Crippen molar-refractivity contribution in [3.8, 4) is 33.2 Å². The molecule has 29 heavy (non-hydrogen) atoms. The smallest absolute Gasteiger partial charge is 0.347 e. The van der Waals surface area contributed by atoms with Crippen molar-refractivity contribution in [2.24, 2.45) is 0 Å². The summed E-state index contributed by atoms with van der Waals surface area (Å²) in [7, 11) is 0. The number of thiazole rings is 1. The Bertz CT molecular complexity index is 1200. The van der Waals surface area contributed by atoms with Crippen LogP contribution in [0, 0.1) is 12.7 Å². The molecule has 0 radical (unpaired) electrons. The molecule has 4 aromatic rings. The van der Waals surface area contributed by atoms with Gasteiger partial charge in [0.2, 0.25) is 0 Å². The number of hydrogen-bond donors (Lipinski definition) is 1. The van der Waals surface area contributed by atoms with Gasteiger partial charge in [-0.05, 0) is 37.3 Å². The third-order valence-electron chi connectivity index (χ3n) is 4.15. The van der Waals surface area contributed by atoms with Gasteiger partial charge in [-0.3, -0.25) is 0 Å². The highest BCUT2D eigenvalue weighted by Gasteiger charge is 2.17. The van der Waals surface area contributed by atoms with E-state index < -0.39 is 11.8 Å². The number of aromatic carboxylic acids is 1. The molecule has 0 bridgehead atoms. The van der Waals surface area contributed by atoms with Gasteiger partial charge in [-0.25, -0.2) is 24.1 Å². The number of carbonyl (C=O) groups is 1. The van der Waals surface area contributed by atoms with E-state index in [4.69, 9.17) is 4.74 Å². The van der Waals surface area contributed by atoms with Crippen LogP contribution in [0.4, 0.5) is 4.39 Å². The van der Waals surface area contributed by atoms with Crippen LogP contribution in [-0.4, -0.2) is 26.0 Å². The first kappa shape index (κ1) is 18.7. The van der Waals surface area contributed by atoms with E-state index in [1.165, 1.54) is 18.5 Å². The van der Waals surface area contributed by atoms with Crippen molar-refractivity contribution in [3.05, 3.63) is 77.6 Å². The molecule has 144 valence electrons. The Kier molecular flexibility index (Phi) is 5.01. The quantitative estimate of drug-likeness (QED) is 0.489. The monoisotopic (exact) mass is 407 g/mol. The summed E-state index contributed by atoms with van der Waals surface area (Å²) >= 11 is 1.09. The van der Waals surface area contributed by atoms with Crippen LogP contribution in [0.15, 0.2) is 61.2 Å². The zero-order chi connectivity index (χ0) is 20.4. The van der Waals surface area contributed by atoms with Gasteiger partial charge in [0, 0.05) is 29.1 Å². The highest BCUT2D eigenvalue weighted by molar-refractivity contribution is 7.17. The number of nitrogens with zero attached hydrogens (tertiary/aromatic N) is 3. The van der Waals surface area contributed by atoms with Crippen molar-refractivity contribution in [1.82, 2.24) is 15.0 Å². The van der Waals surface area contributed by atoms with Gasteiger partial charge in [0.05, 0.1) is 5.69 Å². The molecule has 0 atom stereocenters. The number of carboxylic acid groups (broad SMARTS) is 1. The number of carboxylic acids is 1. The lowest BCUT2D eigenvalue weighted by molar-refractivity contribution is 0.0701. The van der Waals surface area contributed by atoms with Crippen molar-refractivity contribution in [3.63, 3.8) is 0 Å². The molecule has 0 fully saturated rings. The van der Waals surface area contributed by atoms with Crippen molar-refractivity contribution >= 4 is 17.3 Å². The average molecular weight is 407 g/mol. The van der Waals surface area contributed by atoms with Gasteiger partial charge >= 0.3 is 5.97 Å². The second-order valence-electron chi connectivity index (χ2n) is 6.11. The maximum Gasteiger partial charge on any atom is 0.347 e. The fraction of sp³-hybridized carbons (Fsp3) is 0.0476. The van der Waals surface area contributed by atoms with Crippen molar-refractivity contribution in [2.45, 2.75) is 6.92 Å². The Hall–Kier alpha value is -3.65. The van der Waals surface area contributed by atoms with Gasteiger partial charge in [-0.15, -0.1) is 11.3 Å². The number of rotatable bonds is 5. The summed E-state index contributed by atoms with van der Waals surface area (Å²) in [6.07, 6.45) is 4.65. The molecule has 0 aliphatic rings. The van der Waals surface area contributed by atoms with E-state index in [1.807, 2.05) is 0 Å². The summed E-state index contributed by atoms with van der Waals surface area (Å²) in [5.74, 6) is -0.979. The molecular formula is C21H14FN3O3S. The molecule has 0 spiro atoms. The molecule has 4 rings (SSSR count). The minimum absolute atomic E-state index is 0.0941. The number of aryl methyl sites for hydroxylation is 1. The van der Waals surface area contributed by atoms with Crippen LogP contribution in [0.5, 0.6) is 11.5 Å². The van der Waals surface area contributed by atoms with E-state index in [1.54, 1.807) is 49.6 Å². The molecule has 0 aliphatic carbocycles. The number of ether oxygens (including phenoxy) is 1. The van der Waals surface area contributed by atoms with Gasteiger partial charge in [-0.2, -0.15) is 0 Å². The predicted octanol–water partition coefficient (Wildman–Crippen LogP) is 5.21. The first-order valence-corrected chi connectivity index (χ1v) is 9.37. The minimum atomic E-state index is -1.01. The summed E-state index contributed by atoms with van der Waals surface area (Å²) < 4.78 is 19.9. The molecule has 2 aromatic heterocycles. The van der Waals surface area contributed by atoms with E-state index in [0.29, 0.717) is 33.1 Å². The molecule has 2 aromatic carbocycles. The Morgan fingerprint density at radius 2 is 1.83 bits per heavy atom. The summed E-state index contributed by atoms with van der Waals surface area (Å²) in [5, 5.41) is 9.86. The number of benzene rings is 2. The van der Waals surface area contributed by atoms with Crippen molar-refractivity contribution < 1.29 is 19.0 Å². The number of halogens is 1. The topological polar surface area (TPSA) is 85.2 Å². The van der Waals surface area contributed by atoms with Crippen LogP contribution < -0.4 is 4.74 Å². The third kappa shape index (κ3) is 3.83. The lowest BCUT2D eigenvalue weighted by atomic mass is 10.0. The van der Waals surface area contributed by atoms with Crippen LogP contribution in [0.25, 0.3) is 21.7 Å². The second-order valence-corrected chi connectivity index (χ2v) is 7.11. The highest BCUT2D eigenvalue weighted by atomic mass is 32.1. The number of hydrogen-bond acceptors (Lipinski definition) is 6. The molecule has 1 N–H and O–H groups in total. The van der Waals surface area contributed by atoms with Crippen LogP contribution >= 0.6 is 11.3 Å². The van der Waals surface area contributed by atoms with Crippen LogP contribution in [0.2, 0.25) is 0 Å². The van der Waals surface area contributed by atoms with Gasteiger partial charge in [0.1, 0.15) is 22.0 Å².